The van der Waals surface area contributed by atoms with Crippen molar-refractivity contribution in [2.45, 2.75) is 65.0 Å². The maximum atomic E-state index is 6.48. The Bertz CT molecular complexity index is 1040. The summed E-state index contributed by atoms with van der Waals surface area (Å²) in [4.78, 5) is 0. The standard InChI is InChI=1S/C29H38ClNO3/c1-4-5-6-7-8-9-12-17-34-27-16-15-22-13-10-11-14-24(22)25(27)21-31-20-23-18-28(32-2)29(33-3)19-26(23)30/h10-11,13-16,18-19,31H,4-9,12,17,20-21H2,1-3H3. The van der Waals surface area contributed by atoms with Crippen LogP contribution in [0.5, 0.6) is 17.2 Å². The number of benzene rings is 3. The highest BCUT2D eigenvalue weighted by Crippen LogP contribution is 2.33. The van der Waals surface area contributed by atoms with E-state index in [2.05, 4.69) is 48.6 Å². The molecule has 0 aliphatic carbocycles. The lowest BCUT2D eigenvalue weighted by Gasteiger charge is -2.16. The summed E-state index contributed by atoms with van der Waals surface area (Å²) in [5.74, 6) is 2.26. The van der Waals surface area contributed by atoms with Gasteiger partial charge in [-0.15, -0.1) is 0 Å². The highest BCUT2D eigenvalue weighted by atomic mass is 35.5. The maximum Gasteiger partial charge on any atom is 0.162 e. The van der Waals surface area contributed by atoms with Crippen LogP contribution in [0.4, 0.5) is 0 Å². The smallest absolute Gasteiger partial charge is 0.162 e. The van der Waals surface area contributed by atoms with Gasteiger partial charge in [0.15, 0.2) is 11.5 Å². The van der Waals surface area contributed by atoms with Gasteiger partial charge in [-0.25, -0.2) is 0 Å². The Kier molecular flexibility index (Phi) is 10.8. The average molecular weight is 484 g/mol. The van der Waals surface area contributed by atoms with Gasteiger partial charge in [0.1, 0.15) is 5.75 Å². The molecule has 0 aliphatic heterocycles. The van der Waals surface area contributed by atoms with Crippen LogP contribution in [-0.2, 0) is 13.1 Å². The van der Waals surface area contributed by atoms with Gasteiger partial charge < -0.3 is 19.5 Å². The zero-order valence-electron chi connectivity index (χ0n) is 20.8. The Hall–Kier alpha value is -2.43. The van der Waals surface area contributed by atoms with Crippen LogP contribution in [0.1, 0.15) is 63.0 Å². The van der Waals surface area contributed by atoms with Crippen molar-refractivity contribution in [1.82, 2.24) is 5.32 Å². The first kappa shape index (κ1) is 26.2. The van der Waals surface area contributed by atoms with E-state index in [1.165, 1.54) is 54.9 Å². The molecule has 184 valence electrons. The minimum Gasteiger partial charge on any atom is -0.493 e. The molecule has 3 aromatic carbocycles. The summed E-state index contributed by atoms with van der Waals surface area (Å²) in [5, 5.41) is 6.63. The van der Waals surface area contributed by atoms with Crippen LogP contribution in [0.2, 0.25) is 5.02 Å². The van der Waals surface area contributed by atoms with Gasteiger partial charge in [0.2, 0.25) is 0 Å². The number of fused-ring (bicyclic) bond motifs is 1. The van der Waals surface area contributed by atoms with Crippen molar-refractivity contribution in [3.63, 3.8) is 0 Å². The molecule has 0 amide bonds. The van der Waals surface area contributed by atoms with Crippen molar-refractivity contribution in [2.24, 2.45) is 0 Å². The van der Waals surface area contributed by atoms with Crippen LogP contribution in [0.25, 0.3) is 10.8 Å². The summed E-state index contributed by atoms with van der Waals surface area (Å²) in [6.45, 7) is 4.30. The molecule has 3 rings (SSSR count). The molecular weight excluding hydrogens is 446 g/mol. The third-order valence-corrected chi connectivity index (χ3v) is 6.52. The zero-order valence-corrected chi connectivity index (χ0v) is 21.5. The van der Waals surface area contributed by atoms with Crippen LogP contribution in [0, 0.1) is 0 Å². The number of nitrogens with one attached hydrogen (secondary N) is 1. The molecule has 0 unspecified atom stereocenters. The zero-order chi connectivity index (χ0) is 24.2. The Morgan fingerprint density at radius 1 is 0.765 bits per heavy atom. The van der Waals surface area contributed by atoms with Crippen LogP contribution >= 0.6 is 11.6 Å². The number of rotatable bonds is 15. The number of halogens is 1. The van der Waals surface area contributed by atoms with E-state index >= 15 is 0 Å². The van der Waals surface area contributed by atoms with Crippen LogP contribution in [0.15, 0.2) is 48.5 Å². The summed E-state index contributed by atoms with van der Waals surface area (Å²) in [6, 6.07) is 16.4. The van der Waals surface area contributed by atoms with Crippen molar-refractivity contribution in [3.8, 4) is 17.2 Å². The predicted molar refractivity (Wildman–Crippen MR) is 143 cm³/mol. The highest BCUT2D eigenvalue weighted by molar-refractivity contribution is 6.31. The van der Waals surface area contributed by atoms with Gasteiger partial charge in [-0.05, 0) is 34.9 Å². The quantitative estimate of drug-likeness (QED) is 0.223. The molecular formula is C29H38ClNO3. The van der Waals surface area contributed by atoms with E-state index in [-0.39, 0.29) is 0 Å². The maximum absolute atomic E-state index is 6.48. The molecule has 0 saturated heterocycles. The number of unbranched alkanes of at least 4 members (excludes halogenated alkanes) is 6. The summed E-state index contributed by atoms with van der Waals surface area (Å²) < 4.78 is 17.0. The van der Waals surface area contributed by atoms with E-state index in [4.69, 9.17) is 25.8 Å². The Balaban J connectivity index is 1.64. The van der Waals surface area contributed by atoms with Crippen molar-refractivity contribution in [2.75, 3.05) is 20.8 Å². The third-order valence-electron chi connectivity index (χ3n) is 6.17. The normalized spacial score (nSPS) is 11.1. The number of hydrogen-bond acceptors (Lipinski definition) is 4. The molecule has 5 heteroatoms. The number of ether oxygens (including phenoxy) is 3. The van der Waals surface area contributed by atoms with E-state index in [1.54, 1.807) is 20.3 Å². The number of methoxy groups -OCH3 is 2. The fourth-order valence-electron chi connectivity index (χ4n) is 4.23. The Morgan fingerprint density at radius 2 is 1.47 bits per heavy atom. The second-order valence-corrected chi connectivity index (χ2v) is 9.04. The minimum absolute atomic E-state index is 0.611. The molecule has 0 aromatic heterocycles. The molecule has 4 nitrogen and oxygen atoms in total. The fraction of sp³-hybridized carbons (Fsp3) is 0.448. The highest BCUT2D eigenvalue weighted by Gasteiger charge is 2.12. The molecule has 0 radical (unpaired) electrons. The second-order valence-electron chi connectivity index (χ2n) is 8.64. The van der Waals surface area contributed by atoms with E-state index in [1.807, 2.05) is 6.07 Å². The molecule has 0 atom stereocenters. The average Bonchev–Trinajstić information content (AvgIpc) is 2.86. The van der Waals surface area contributed by atoms with Gasteiger partial charge in [0, 0.05) is 29.7 Å². The van der Waals surface area contributed by atoms with E-state index in [0.717, 1.165) is 24.3 Å². The largest absolute Gasteiger partial charge is 0.493 e. The number of hydrogen-bond donors (Lipinski definition) is 1. The Morgan fingerprint density at radius 3 is 2.24 bits per heavy atom. The molecule has 34 heavy (non-hydrogen) atoms. The molecule has 0 aliphatic rings. The van der Waals surface area contributed by atoms with Crippen molar-refractivity contribution in [1.29, 1.82) is 0 Å². The third kappa shape index (κ3) is 7.28. The Labute approximate surface area is 209 Å². The van der Waals surface area contributed by atoms with Gasteiger partial charge in [-0.2, -0.15) is 0 Å². The van der Waals surface area contributed by atoms with Crippen molar-refractivity contribution in [3.05, 3.63) is 64.7 Å². The predicted octanol–water partition coefficient (Wildman–Crippen LogP) is 7.93. The second kappa shape index (κ2) is 14.1. The lowest BCUT2D eigenvalue weighted by Crippen LogP contribution is -2.15. The molecule has 0 saturated carbocycles. The van der Waals surface area contributed by atoms with Crippen LogP contribution < -0.4 is 19.5 Å². The van der Waals surface area contributed by atoms with Crippen molar-refractivity contribution >= 4 is 22.4 Å². The summed E-state index contributed by atoms with van der Waals surface area (Å²) >= 11 is 6.48. The molecule has 1 N–H and O–H groups in total. The summed E-state index contributed by atoms with van der Waals surface area (Å²) in [5.41, 5.74) is 2.14. The van der Waals surface area contributed by atoms with Gasteiger partial charge in [0.05, 0.1) is 20.8 Å². The van der Waals surface area contributed by atoms with Crippen LogP contribution in [0.3, 0.4) is 0 Å². The monoisotopic (exact) mass is 483 g/mol. The van der Waals surface area contributed by atoms with Gasteiger partial charge in [-0.3, -0.25) is 0 Å². The summed E-state index contributed by atoms with van der Waals surface area (Å²) in [6.07, 6.45) is 8.93. The molecule has 0 fully saturated rings. The SMILES string of the molecule is CCCCCCCCCOc1ccc2ccccc2c1CNCc1cc(OC)c(OC)cc1Cl. The molecule has 3 aromatic rings. The van der Waals surface area contributed by atoms with Gasteiger partial charge in [-0.1, -0.05) is 87.4 Å². The first-order valence-electron chi connectivity index (χ1n) is 12.4. The molecule has 0 spiro atoms. The van der Waals surface area contributed by atoms with E-state index in [0.29, 0.717) is 29.6 Å². The first-order chi connectivity index (χ1) is 16.7. The fourth-order valence-corrected chi connectivity index (χ4v) is 4.45. The lowest BCUT2D eigenvalue weighted by atomic mass is 10.0. The van der Waals surface area contributed by atoms with Gasteiger partial charge >= 0.3 is 0 Å². The summed E-state index contributed by atoms with van der Waals surface area (Å²) in [7, 11) is 3.24. The first-order valence-corrected chi connectivity index (χ1v) is 12.8. The minimum atomic E-state index is 0.611. The van der Waals surface area contributed by atoms with Crippen molar-refractivity contribution < 1.29 is 14.2 Å². The van der Waals surface area contributed by atoms with E-state index in [9.17, 15) is 0 Å². The molecule has 0 bridgehead atoms. The van der Waals surface area contributed by atoms with E-state index < -0.39 is 0 Å². The lowest BCUT2D eigenvalue weighted by molar-refractivity contribution is 0.301. The van der Waals surface area contributed by atoms with Gasteiger partial charge in [0.25, 0.3) is 0 Å². The molecule has 0 heterocycles. The van der Waals surface area contributed by atoms with Crippen LogP contribution in [-0.4, -0.2) is 20.8 Å². The topological polar surface area (TPSA) is 39.7 Å².